The molecular weight excluding hydrogens is 469 g/mol. The average Bonchev–Trinajstić information content (AvgIpc) is 3.46. The Morgan fingerprint density at radius 2 is 1.86 bits per heavy atom. The Bertz CT molecular complexity index is 607. The average molecular weight is 505 g/mol. The maximum Gasteiger partial charge on any atom is 0.191 e. The lowest BCUT2D eigenvalue weighted by molar-refractivity contribution is 0.129. The summed E-state index contributed by atoms with van der Waals surface area (Å²) in [6.45, 7) is 8.30. The van der Waals surface area contributed by atoms with E-state index in [9.17, 15) is 0 Å². The lowest BCUT2D eigenvalue weighted by atomic mass is 10.0. The van der Waals surface area contributed by atoms with E-state index < -0.39 is 0 Å². The van der Waals surface area contributed by atoms with Crippen molar-refractivity contribution in [3.8, 4) is 11.5 Å². The lowest BCUT2D eigenvalue weighted by Crippen LogP contribution is -2.38. The van der Waals surface area contributed by atoms with Crippen LogP contribution in [0.3, 0.4) is 0 Å². The summed E-state index contributed by atoms with van der Waals surface area (Å²) in [5.74, 6) is 2.41. The van der Waals surface area contributed by atoms with E-state index >= 15 is 0 Å². The van der Waals surface area contributed by atoms with E-state index in [1.807, 2.05) is 19.1 Å². The predicted molar refractivity (Wildman–Crippen MR) is 125 cm³/mol. The molecular formula is C21H36IN3O3. The molecule has 0 aromatic heterocycles. The molecule has 1 aromatic rings. The van der Waals surface area contributed by atoms with Crippen LogP contribution in [0.4, 0.5) is 0 Å². The number of hydrogen-bond acceptors (Lipinski definition) is 4. The van der Waals surface area contributed by atoms with Gasteiger partial charge in [-0.05, 0) is 62.6 Å². The van der Waals surface area contributed by atoms with Crippen LogP contribution in [0.1, 0.15) is 38.7 Å². The van der Waals surface area contributed by atoms with Gasteiger partial charge in [0.05, 0.1) is 14.2 Å². The molecule has 0 aliphatic heterocycles. The minimum atomic E-state index is 0. The molecule has 7 heteroatoms. The number of nitrogens with zero attached hydrogens (tertiary/aromatic N) is 1. The zero-order valence-electron chi connectivity index (χ0n) is 17.7. The number of guanidine groups is 1. The SMILES string of the molecule is CCNC(=NCC1(CCOCC)CC1)NCCc1ccc(OC)c(OC)c1.I. The molecule has 0 amide bonds. The third-order valence-corrected chi connectivity index (χ3v) is 5.01. The van der Waals surface area contributed by atoms with Gasteiger partial charge < -0.3 is 24.8 Å². The van der Waals surface area contributed by atoms with E-state index in [-0.39, 0.29) is 24.0 Å². The molecule has 1 aliphatic carbocycles. The Morgan fingerprint density at radius 1 is 1.11 bits per heavy atom. The van der Waals surface area contributed by atoms with E-state index in [4.69, 9.17) is 19.2 Å². The van der Waals surface area contributed by atoms with Gasteiger partial charge in [-0.15, -0.1) is 24.0 Å². The van der Waals surface area contributed by atoms with Gasteiger partial charge in [-0.3, -0.25) is 4.99 Å². The number of halogens is 1. The molecule has 1 aliphatic rings. The zero-order chi connectivity index (χ0) is 19.5. The van der Waals surface area contributed by atoms with Crippen molar-refractivity contribution in [2.24, 2.45) is 10.4 Å². The van der Waals surface area contributed by atoms with Crippen LogP contribution < -0.4 is 20.1 Å². The van der Waals surface area contributed by atoms with Crippen molar-refractivity contribution in [1.29, 1.82) is 0 Å². The molecule has 0 saturated heterocycles. The van der Waals surface area contributed by atoms with Crippen molar-refractivity contribution >= 4 is 29.9 Å². The van der Waals surface area contributed by atoms with E-state index in [1.54, 1.807) is 14.2 Å². The van der Waals surface area contributed by atoms with Crippen LogP contribution in [-0.4, -0.2) is 53.0 Å². The highest BCUT2D eigenvalue weighted by atomic mass is 127. The summed E-state index contributed by atoms with van der Waals surface area (Å²) in [4.78, 5) is 4.81. The maximum atomic E-state index is 5.51. The molecule has 0 heterocycles. The molecule has 0 radical (unpaired) electrons. The lowest BCUT2D eigenvalue weighted by Gasteiger charge is -2.16. The number of hydrogen-bond donors (Lipinski definition) is 2. The monoisotopic (exact) mass is 505 g/mol. The van der Waals surface area contributed by atoms with E-state index in [0.717, 1.165) is 63.1 Å². The highest BCUT2D eigenvalue weighted by molar-refractivity contribution is 14.0. The van der Waals surface area contributed by atoms with Gasteiger partial charge >= 0.3 is 0 Å². The molecule has 2 N–H and O–H groups in total. The Morgan fingerprint density at radius 3 is 2.46 bits per heavy atom. The second kappa shape index (κ2) is 13.1. The molecule has 160 valence electrons. The normalized spacial score (nSPS) is 14.8. The van der Waals surface area contributed by atoms with Crippen LogP contribution in [-0.2, 0) is 11.2 Å². The first-order chi connectivity index (χ1) is 13.2. The van der Waals surface area contributed by atoms with E-state index in [0.29, 0.717) is 5.41 Å². The van der Waals surface area contributed by atoms with Crippen LogP contribution in [0.5, 0.6) is 11.5 Å². The number of nitrogens with one attached hydrogen (secondary N) is 2. The molecule has 1 aromatic carbocycles. The van der Waals surface area contributed by atoms with Gasteiger partial charge in [0, 0.05) is 32.8 Å². The third-order valence-electron chi connectivity index (χ3n) is 5.01. The van der Waals surface area contributed by atoms with Crippen LogP contribution in [0, 0.1) is 5.41 Å². The zero-order valence-corrected chi connectivity index (χ0v) is 20.0. The van der Waals surface area contributed by atoms with Crippen LogP contribution in [0.25, 0.3) is 0 Å². The number of rotatable bonds is 12. The van der Waals surface area contributed by atoms with Crippen molar-refractivity contribution in [3.05, 3.63) is 23.8 Å². The fourth-order valence-electron chi connectivity index (χ4n) is 3.05. The van der Waals surface area contributed by atoms with Crippen molar-refractivity contribution < 1.29 is 14.2 Å². The van der Waals surface area contributed by atoms with E-state index in [2.05, 4.69) is 23.6 Å². The first-order valence-electron chi connectivity index (χ1n) is 9.97. The molecule has 0 spiro atoms. The van der Waals surface area contributed by atoms with Gasteiger partial charge in [-0.1, -0.05) is 6.07 Å². The molecule has 1 saturated carbocycles. The summed E-state index contributed by atoms with van der Waals surface area (Å²) in [5.41, 5.74) is 1.56. The summed E-state index contributed by atoms with van der Waals surface area (Å²) < 4.78 is 16.2. The van der Waals surface area contributed by atoms with Gasteiger partial charge in [-0.2, -0.15) is 0 Å². The first-order valence-corrected chi connectivity index (χ1v) is 9.97. The highest BCUT2D eigenvalue weighted by Crippen LogP contribution is 2.49. The van der Waals surface area contributed by atoms with E-state index in [1.165, 1.54) is 18.4 Å². The standard InChI is InChI=1S/C21H35N3O3.HI/c1-5-22-20(24-16-21(10-11-21)12-14-27-6-2)23-13-9-17-7-8-18(25-3)19(15-17)26-4;/h7-8,15H,5-6,9-14,16H2,1-4H3,(H2,22,23,24);1H. The van der Waals surface area contributed by atoms with Crippen molar-refractivity contribution in [2.75, 3.05) is 47.1 Å². The molecule has 0 bridgehead atoms. The fraction of sp³-hybridized carbons (Fsp3) is 0.667. The molecule has 0 unspecified atom stereocenters. The molecule has 1 fully saturated rings. The second-order valence-corrected chi connectivity index (χ2v) is 7.01. The highest BCUT2D eigenvalue weighted by Gasteiger charge is 2.41. The van der Waals surface area contributed by atoms with Gasteiger partial charge in [0.2, 0.25) is 0 Å². The van der Waals surface area contributed by atoms with Gasteiger partial charge in [0.15, 0.2) is 17.5 Å². The summed E-state index contributed by atoms with van der Waals surface area (Å²) in [5, 5.41) is 6.78. The quantitative estimate of drug-likeness (QED) is 0.197. The Hall–Kier alpha value is -1.22. The number of ether oxygens (including phenoxy) is 3. The van der Waals surface area contributed by atoms with Crippen molar-refractivity contribution in [2.45, 2.75) is 39.5 Å². The minimum Gasteiger partial charge on any atom is -0.493 e. The number of methoxy groups -OCH3 is 2. The smallest absolute Gasteiger partial charge is 0.191 e. The van der Waals surface area contributed by atoms with Crippen LogP contribution in [0.2, 0.25) is 0 Å². The van der Waals surface area contributed by atoms with Gasteiger partial charge in [-0.25, -0.2) is 0 Å². The molecule has 0 atom stereocenters. The van der Waals surface area contributed by atoms with Crippen molar-refractivity contribution in [1.82, 2.24) is 10.6 Å². The van der Waals surface area contributed by atoms with Gasteiger partial charge in [0.25, 0.3) is 0 Å². The summed E-state index contributed by atoms with van der Waals surface area (Å²) >= 11 is 0. The Labute approximate surface area is 186 Å². The van der Waals surface area contributed by atoms with Crippen molar-refractivity contribution in [3.63, 3.8) is 0 Å². The Balaban J connectivity index is 0.00000392. The number of aliphatic imine (C=N–C) groups is 1. The Kier molecular flexibility index (Phi) is 11.6. The topological polar surface area (TPSA) is 64.1 Å². The summed E-state index contributed by atoms with van der Waals surface area (Å²) in [6.07, 6.45) is 4.51. The second-order valence-electron chi connectivity index (χ2n) is 7.01. The minimum absolute atomic E-state index is 0. The number of benzene rings is 1. The fourth-order valence-corrected chi connectivity index (χ4v) is 3.05. The first kappa shape index (κ1) is 24.8. The summed E-state index contributed by atoms with van der Waals surface area (Å²) in [7, 11) is 3.31. The molecule has 28 heavy (non-hydrogen) atoms. The summed E-state index contributed by atoms with van der Waals surface area (Å²) in [6, 6.07) is 6.04. The third kappa shape index (κ3) is 8.03. The molecule has 6 nitrogen and oxygen atoms in total. The van der Waals surface area contributed by atoms with Gasteiger partial charge in [0.1, 0.15) is 0 Å². The largest absolute Gasteiger partial charge is 0.493 e. The van der Waals surface area contributed by atoms with Crippen LogP contribution in [0.15, 0.2) is 23.2 Å². The van der Waals surface area contributed by atoms with Crippen LogP contribution >= 0.6 is 24.0 Å². The predicted octanol–water partition coefficient (Wildman–Crippen LogP) is 3.63. The maximum absolute atomic E-state index is 5.51. The molecule has 2 rings (SSSR count).